The third-order valence-electron chi connectivity index (χ3n) is 3.93. The van der Waals surface area contributed by atoms with Gasteiger partial charge in [-0.3, -0.25) is 0 Å². The highest BCUT2D eigenvalue weighted by molar-refractivity contribution is 14.0. The maximum absolute atomic E-state index is 5.58. The first-order valence-electron chi connectivity index (χ1n) is 9.37. The number of furan rings is 1. The lowest BCUT2D eigenvalue weighted by Gasteiger charge is -2.11. The molecule has 0 amide bonds. The third-order valence-corrected chi connectivity index (χ3v) is 3.93. The van der Waals surface area contributed by atoms with Gasteiger partial charge in [0.05, 0.1) is 18.5 Å². The maximum atomic E-state index is 5.58. The zero-order chi connectivity index (χ0) is 18.6. The number of nitrogens with zero attached hydrogens (tertiary/aromatic N) is 2. The summed E-state index contributed by atoms with van der Waals surface area (Å²) in [6.07, 6.45) is 4.22. The molecule has 0 aliphatic carbocycles. The fraction of sp³-hybridized carbons (Fsp3) is 0.579. The van der Waals surface area contributed by atoms with Gasteiger partial charge in [0.15, 0.2) is 5.96 Å². The molecular formula is C19H31IN4O3. The standard InChI is InChI=1S/C19H30N4O3.HI/c1-4-17-16(18(5-2)26-23-17)13-22-19(20-6-3)21-10-8-11-24-14-15-9-7-12-25-15;/h7,9,12H,4-6,8,10-11,13-14H2,1-3H3,(H2,20,21,22);1H. The van der Waals surface area contributed by atoms with E-state index in [0.717, 1.165) is 61.1 Å². The lowest BCUT2D eigenvalue weighted by atomic mass is 10.1. The molecule has 27 heavy (non-hydrogen) atoms. The normalized spacial score (nSPS) is 11.3. The Morgan fingerprint density at radius 2 is 2.07 bits per heavy atom. The van der Waals surface area contributed by atoms with Crippen molar-refractivity contribution < 1.29 is 13.7 Å². The highest BCUT2D eigenvalue weighted by Crippen LogP contribution is 2.16. The van der Waals surface area contributed by atoms with Crippen LogP contribution in [0.4, 0.5) is 0 Å². The van der Waals surface area contributed by atoms with Crippen molar-refractivity contribution in [2.75, 3.05) is 19.7 Å². The Labute approximate surface area is 178 Å². The minimum absolute atomic E-state index is 0. The smallest absolute Gasteiger partial charge is 0.191 e. The molecule has 2 aromatic heterocycles. The highest BCUT2D eigenvalue weighted by Gasteiger charge is 2.12. The zero-order valence-corrected chi connectivity index (χ0v) is 18.7. The summed E-state index contributed by atoms with van der Waals surface area (Å²) in [5.74, 6) is 2.57. The number of aliphatic imine (C=N–C) groups is 1. The Morgan fingerprint density at radius 3 is 2.74 bits per heavy atom. The zero-order valence-electron chi connectivity index (χ0n) is 16.4. The number of ether oxygens (including phenoxy) is 1. The van der Waals surface area contributed by atoms with Gasteiger partial charge in [-0.15, -0.1) is 24.0 Å². The second-order valence-corrected chi connectivity index (χ2v) is 5.85. The molecule has 7 nitrogen and oxygen atoms in total. The predicted molar refractivity (Wildman–Crippen MR) is 116 cm³/mol. The van der Waals surface area contributed by atoms with Crippen LogP contribution in [-0.4, -0.2) is 30.8 Å². The monoisotopic (exact) mass is 490 g/mol. The molecule has 0 atom stereocenters. The molecule has 0 aliphatic heterocycles. The molecule has 0 spiro atoms. The number of nitrogens with one attached hydrogen (secondary N) is 2. The lowest BCUT2D eigenvalue weighted by molar-refractivity contribution is 0.105. The van der Waals surface area contributed by atoms with E-state index in [2.05, 4.69) is 41.6 Å². The van der Waals surface area contributed by atoms with Gasteiger partial charge in [0.25, 0.3) is 0 Å². The Kier molecular flexibility index (Phi) is 11.8. The van der Waals surface area contributed by atoms with E-state index >= 15 is 0 Å². The molecule has 0 aliphatic rings. The van der Waals surface area contributed by atoms with Crippen LogP contribution in [0, 0.1) is 0 Å². The number of hydrogen-bond acceptors (Lipinski definition) is 5. The largest absolute Gasteiger partial charge is 0.467 e. The fourth-order valence-electron chi connectivity index (χ4n) is 2.56. The Balaban J connectivity index is 0.00000364. The van der Waals surface area contributed by atoms with Crippen LogP contribution in [0.15, 0.2) is 32.3 Å². The van der Waals surface area contributed by atoms with Crippen LogP contribution in [0.25, 0.3) is 0 Å². The molecule has 0 unspecified atom stereocenters. The van der Waals surface area contributed by atoms with E-state index in [4.69, 9.17) is 13.7 Å². The molecule has 0 saturated heterocycles. The van der Waals surface area contributed by atoms with Crippen molar-refractivity contribution >= 4 is 29.9 Å². The van der Waals surface area contributed by atoms with Gasteiger partial charge in [0, 0.05) is 31.7 Å². The summed E-state index contributed by atoms with van der Waals surface area (Å²) in [6, 6.07) is 3.77. The predicted octanol–water partition coefficient (Wildman–Crippen LogP) is 3.67. The molecule has 0 bridgehead atoms. The Bertz CT molecular complexity index is 634. The molecule has 0 saturated carbocycles. The number of aromatic nitrogens is 1. The van der Waals surface area contributed by atoms with E-state index < -0.39 is 0 Å². The summed E-state index contributed by atoms with van der Waals surface area (Å²) < 4.78 is 16.2. The lowest BCUT2D eigenvalue weighted by Crippen LogP contribution is -2.38. The average molecular weight is 490 g/mol. The quantitative estimate of drug-likeness (QED) is 0.217. The topological polar surface area (TPSA) is 84.8 Å². The Hall–Kier alpha value is -1.55. The van der Waals surface area contributed by atoms with Crippen LogP contribution in [0.5, 0.6) is 0 Å². The highest BCUT2D eigenvalue weighted by atomic mass is 127. The van der Waals surface area contributed by atoms with Crippen LogP contribution in [0.3, 0.4) is 0 Å². The van der Waals surface area contributed by atoms with Gasteiger partial charge in [0.1, 0.15) is 18.1 Å². The summed E-state index contributed by atoms with van der Waals surface area (Å²) in [7, 11) is 0. The summed E-state index contributed by atoms with van der Waals surface area (Å²) in [5.41, 5.74) is 2.10. The van der Waals surface area contributed by atoms with Gasteiger partial charge < -0.3 is 24.3 Å². The van der Waals surface area contributed by atoms with Gasteiger partial charge in [-0.1, -0.05) is 19.0 Å². The van der Waals surface area contributed by atoms with Crippen LogP contribution in [-0.2, 0) is 30.7 Å². The van der Waals surface area contributed by atoms with Crippen molar-refractivity contribution in [1.82, 2.24) is 15.8 Å². The molecule has 0 fully saturated rings. The van der Waals surface area contributed by atoms with E-state index in [1.165, 1.54) is 0 Å². The number of rotatable bonds is 11. The molecule has 2 aromatic rings. The van der Waals surface area contributed by atoms with E-state index in [1.54, 1.807) is 6.26 Å². The van der Waals surface area contributed by atoms with E-state index in [9.17, 15) is 0 Å². The third kappa shape index (κ3) is 7.92. The minimum atomic E-state index is 0. The first-order chi connectivity index (χ1) is 12.8. The van der Waals surface area contributed by atoms with Crippen LogP contribution < -0.4 is 10.6 Å². The average Bonchev–Trinajstić information content (AvgIpc) is 3.31. The van der Waals surface area contributed by atoms with Crippen molar-refractivity contribution in [1.29, 1.82) is 0 Å². The SMILES string of the molecule is CCNC(=NCc1c(CC)noc1CC)NCCCOCc1ccco1.I. The van der Waals surface area contributed by atoms with E-state index in [-0.39, 0.29) is 24.0 Å². The first-order valence-corrected chi connectivity index (χ1v) is 9.37. The van der Waals surface area contributed by atoms with Gasteiger partial charge in [-0.25, -0.2) is 4.99 Å². The van der Waals surface area contributed by atoms with Crippen LogP contribution in [0.2, 0.25) is 0 Å². The van der Waals surface area contributed by atoms with Gasteiger partial charge in [-0.05, 0) is 31.9 Å². The number of hydrogen-bond donors (Lipinski definition) is 2. The Morgan fingerprint density at radius 1 is 1.22 bits per heavy atom. The molecular weight excluding hydrogens is 459 g/mol. The summed E-state index contributed by atoms with van der Waals surface area (Å²) in [6.45, 7) is 9.54. The first kappa shape index (κ1) is 23.5. The van der Waals surface area contributed by atoms with Crippen LogP contribution >= 0.6 is 24.0 Å². The summed E-state index contributed by atoms with van der Waals surface area (Å²) in [5, 5.41) is 10.7. The number of halogens is 1. The maximum Gasteiger partial charge on any atom is 0.191 e. The second-order valence-electron chi connectivity index (χ2n) is 5.85. The van der Waals surface area contributed by atoms with Gasteiger partial charge >= 0.3 is 0 Å². The van der Waals surface area contributed by atoms with Gasteiger partial charge in [-0.2, -0.15) is 0 Å². The van der Waals surface area contributed by atoms with E-state index in [0.29, 0.717) is 19.8 Å². The molecule has 8 heteroatoms. The molecule has 2 rings (SSSR count). The van der Waals surface area contributed by atoms with Crippen molar-refractivity contribution in [2.45, 2.75) is 53.2 Å². The number of aryl methyl sites for hydroxylation is 2. The molecule has 0 aromatic carbocycles. The van der Waals surface area contributed by atoms with E-state index in [1.807, 2.05) is 12.1 Å². The number of guanidine groups is 1. The van der Waals surface area contributed by atoms with Crippen molar-refractivity contribution in [3.05, 3.63) is 41.2 Å². The van der Waals surface area contributed by atoms with Crippen molar-refractivity contribution in [3.63, 3.8) is 0 Å². The summed E-state index contributed by atoms with van der Waals surface area (Å²) >= 11 is 0. The molecule has 2 N–H and O–H groups in total. The van der Waals surface area contributed by atoms with Crippen molar-refractivity contribution in [3.8, 4) is 0 Å². The molecule has 0 radical (unpaired) electrons. The van der Waals surface area contributed by atoms with Crippen LogP contribution in [0.1, 0.15) is 50.0 Å². The minimum Gasteiger partial charge on any atom is -0.467 e. The van der Waals surface area contributed by atoms with Crippen molar-refractivity contribution in [2.24, 2.45) is 4.99 Å². The molecule has 2 heterocycles. The second kappa shape index (κ2) is 13.6. The van der Waals surface area contributed by atoms with Gasteiger partial charge in [0.2, 0.25) is 0 Å². The summed E-state index contributed by atoms with van der Waals surface area (Å²) in [4.78, 5) is 4.67. The molecule has 152 valence electrons. The fourth-order valence-corrected chi connectivity index (χ4v) is 2.56.